The number of hydrogen-bond acceptors (Lipinski definition) is 3. The number of rotatable bonds is 6. The highest BCUT2D eigenvalue weighted by molar-refractivity contribution is 6.01. The van der Waals surface area contributed by atoms with Gasteiger partial charge in [0.2, 0.25) is 0 Å². The van der Waals surface area contributed by atoms with Crippen molar-refractivity contribution >= 4 is 12.0 Å². The standard InChI is InChI=1S/C18H27N3O2/c1-7-8-21-13(2)9-15(14(21)3)10-16(11-19)17(22)20(6)12-18(4,5)23/h9-10,23H,7-8,12H2,1-6H3. The molecule has 0 aliphatic heterocycles. The molecule has 0 unspecified atom stereocenters. The SMILES string of the molecule is CCCn1c(C)cc(C=C(C#N)C(=O)N(C)CC(C)(C)O)c1C. The van der Waals surface area contributed by atoms with Gasteiger partial charge >= 0.3 is 0 Å². The number of likely N-dealkylation sites (N-methyl/N-ethyl adjacent to an activating group) is 1. The van der Waals surface area contributed by atoms with Gasteiger partial charge in [-0.3, -0.25) is 4.79 Å². The summed E-state index contributed by atoms with van der Waals surface area (Å²) in [7, 11) is 1.59. The van der Waals surface area contributed by atoms with Crippen LogP contribution in [0, 0.1) is 25.2 Å². The number of nitriles is 1. The monoisotopic (exact) mass is 317 g/mol. The van der Waals surface area contributed by atoms with E-state index in [9.17, 15) is 15.2 Å². The quantitative estimate of drug-likeness (QED) is 0.648. The van der Waals surface area contributed by atoms with Gasteiger partial charge in [-0.1, -0.05) is 6.92 Å². The van der Waals surface area contributed by atoms with Gasteiger partial charge in [0.25, 0.3) is 5.91 Å². The minimum atomic E-state index is -0.998. The van der Waals surface area contributed by atoms with Gasteiger partial charge in [0.15, 0.2) is 0 Å². The highest BCUT2D eigenvalue weighted by Crippen LogP contribution is 2.19. The summed E-state index contributed by atoms with van der Waals surface area (Å²) in [6, 6.07) is 3.98. The fourth-order valence-electron chi connectivity index (χ4n) is 2.70. The predicted octanol–water partition coefficient (Wildman–Crippen LogP) is 2.65. The topological polar surface area (TPSA) is 69.3 Å². The fourth-order valence-corrected chi connectivity index (χ4v) is 2.70. The Bertz CT molecular complexity index is 642. The molecule has 0 spiro atoms. The molecule has 1 N–H and O–H groups in total. The van der Waals surface area contributed by atoms with Gasteiger partial charge in [-0.25, -0.2) is 0 Å². The van der Waals surface area contributed by atoms with Crippen LogP contribution >= 0.6 is 0 Å². The molecule has 1 aromatic heterocycles. The third kappa shape index (κ3) is 4.97. The van der Waals surface area contributed by atoms with Crippen LogP contribution < -0.4 is 0 Å². The first kappa shape index (κ1) is 19.0. The van der Waals surface area contributed by atoms with Crippen LogP contribution in [0.5, 0.6) is 0 Å². The summed E-state index contributed by atoms with van der Waals surface area (Å²) < 4.78 is 2.19. The Kier molecular flexibility index (Phi) is 6.17. The number of nitrogens with zero attached hydrogens (tertiary/aromatic N) is 3. The van der Waals surface area contributed by atoms with Crippen LogP contribution in [0.25, 0.3) is 6.08 Å². The molecule has 5 heteroatoms. The molecule has 5 nitrogen and oxygen atoms in total. The average Bonchev–Trinajstić information content (AvgIpc) is 2.70. The maximum atomic E-state index is 12.4. The van der Waals surface area contributed by atoms with Crippen LogP contribution in [0.2, 0.25) is 0 Å². The Morgan fingerprint density at radius 2 is 2.09 bits per heavy atom. The molecule has 0 aliphatic rings. The number of aromatic nitrogens is 1. The van der Waals surface area contributed by atoms with Gasteiger partial charge in [-0.2, -0.15) is 5.26 Å². The van der Waals surface area contributed by atoms with E-state index >= 15 is 0 Å². The molecule has 0 bridgehead atoms. The van der Waals surface area contributed by atoms with Crippen molar-refractivity contribution in [2.45, 2.75) is 53.2 Å². The summed E-state index contributed by atoms with van der Waals surface area (Å²) in [6.45, 7) is 10.5. The van der Waals surface area contributed by atoms with Crippen molar-refractivity contribution in [2.24, 2.45) is 0 Å². The van der Waals surface area contributed by atoms with E-state index in [1.807, 2.05) is 26.0 Å². The van der Waals surface area contributed by atoms with Crippen molar-refractivity contribution in [3.8, 4) is 6.07 Å². The van der Waals surface area contributed by atoms with E-state index in [2.05, 4.69) is 11.5 Å². The van der Waals surface area contributed by atoms with E-state index in [0.29, 0.717) is 0 Å². The number of aliphatic hydroxyl groups is 1. The molecule has 0 aliphatic carbocycles. The Labute approximate surface area is 138 Å². The molecule has 1 aromatic rings. The van der Waals surface area contributed by atoms with Crippen molar-refractivity contribution in [3.05, 3.63) is 28.6 Å². The van der Waals surface area contributed by atoms with Crippen LogP contribution in [0.3, 0.4) is 0 Å². The summed E-state index contributed by atoms with van der Waals surface area (Å²) >= 11 is 0. The van der Waals surface area contributed by atoms with Gasteiger partial charge in [-0.15, -0.1) is 0 Å². The molecule has 0 atom stereocenters. The minimum absolute atomic E-state index is 0.0773. The highest BCUT2D eigenvalue weighted by Gasteiger charge is 2.22. The molecule has 1 amide bonds. The van der Waals surface area contributed by atoms with Crippen LogP contribution in [0.15, 0.2) is 11.6 Å². The molecule has 23 heavy (non-hydrogen) atoms. The number of amides is 1. The summed E-state index contributed by atoms with van der Waals surface area (Å²) in [5.41, 5.74) is 2.13. The number of carbonyl (C=O) groups excluding carboxylic acids is 1. The normalized spacial score (nSPS) is 12.2. The number of aryl methyl sites for hydroxylation is 1. The van der Waals surface area contributed by atoms with Crippen molar-refractivity contribution < 1.29 is 9.90 Å². The molecule has 1 heterocycles. The highest BCUT2D eigenvalue weighted by atomic mass is 16.3. The molecular formula is C18H27N3O2. The lowest BCUT2D eigenvalue weighted by Crippen LogP contribution is -2.40. The van der Waals surface area contributed by atoms with Crippen LogP contribution in [0.1, 0.15) is 44.1 Å². The summed E-state index contributed by atoms with van der Waals surface area (Å²) in [6.07, 6.45) is 2.66. The molecular weight excluding hydrogens is 290 g/mol. The van der Waals surface area contributed by atoms with Crippen molar-refractivity contribution in [2.75, 3.05) is 13.6 Å². The third-order valence-electron chi connectivity index (χ3n) is 3.68. The molecule has 1 rings (SSSR count). The zero-order valence-corrected chi connectivity index (χ0v) is 15.0. The van der Waals surface area contributed by atoms with Gasteiger partial charge < -0.3 is 14.6 Å². The fraction of sp³-hybridized carbons (Fsp3) is 0.556. The van der Waals surface area contributed by atoms with E-state index < -0.39 is 5.60 Å². The maximum Gasteiger partial charge on any atom is 0.264 e. The second-order valence-electron chi connectivity index (χ2n) is 6.62. The van der Waals surface area contributed by atoms with E-state index in [1.54, 1.807) is 27.0 Å². The molecule has 0 saturated heterocycles. The van der Waals surface area contributed by atoms with E-state index in [4.69, 9.17) is 0 Å². The predicted molar refractivity (Wildman–Crippen MR) is 91.7 cm³/mol. The van der Waals surface area contributed by atoms with Gasteiger partial charge in [0.1, 0.15) is 11.6 Å². The summed E-state index contributed by atoms with van der Waals surface area (Å²) in [5, 5.41) is 19.2. The second kappa shape index (κ2) is 7.47. The average molecular weight is 317 g/mol. The lowest BCUT2D eigenvalue weighted by Gasteiger charge is -2.25. The van der Waals surface area contributed by atoms with E-state index in [0.717, 1.165) is 29.9 Å². The van der Waals surface area contributed by atoms with Crippen LogP contribution in [0.4, 0.5) is 0 Å². The molecule has 126 valence electrons. The molecule has 0 radical (unpaired) electrons. The van der Waals surface area contributed by atoms with Crippen molar-refractivity contribution in [3.63, 3.8) is 0 Å². The zero-order valence-electron chi connectivity index (χ0n) is 15.0. The smallest absolute Gasteiger partial charge is 0.264 e. The van der Waals surface area contributed by atoms with Crippen LogP contribution in [-0.2, 0) is 11.3 Å². The first-order valence-electron chi connectivity index (χ1n) is 7.87. The lowest BCUT2D eigenvalue weighted by atomic mass is 10.1. The first-order chi connectivity index (χ1) is 10.6. The van der Waals surface area contributed by atoms with Gasteiger partial charge in [-0.05, 0) is 51.8 Å². The molecule has 0 saturated carbocycles. The lowest BCUT2D eigenvalue weighted by molar-refractivity contribution is -0.128. The Morgan fingerprint density at radius 3 is 2.57 bits per heavy atom. The minimum Gasteiger partial charge on any atom is -0.389 e. The Morgan fingerprint density at radius 1 is 1.48 bits per heavy atom. The van der Waals surface area contributed by atoms with Crippen molar-refractivity contribution in [1.29, 1.82) is 5.26 Å². The Hall–Kier alpha value is -2.06. The van der Waals surface area contributed by atoms with Crippen LogP contribution in [-0.4, -0.2) is 39.7 Å². The number of hydrogen-bond donors (Lipinski definition) is 1. The van der Waals surface area contributed by atoms with Crippen molar-refractivity contribution in [1.82, 2.24) is 9.47 Å². The molecule has 0 aromatic carbocycles. The van der Waals surface area contributed by atoms with E-state index in [-0.39, 0.29) is 18.0 Å². The van der Waals surface area contributed by atoms with Gasteiger partial charge in [0.05, 0.1) is 5.60 Å². The number of carbonyl (C=O) groups is 1. The molecule has 0 fully saturated rings. The summed E-state index contributed by atoms with van der Waals surface area (Å²) in [5.74, 6) is -0.380. The largest absolute Gasteiger partial charge is 0.389 e. The Balaban J connectivity index is 3.11. The summed E-state index contributed by atoms with van der Waals surface area (Å²) in [4.78, 5) is 13.8. The second-order valence-corrected chi connectivity index (χ2v) is 6.62. The van der Waals surface area contributed by atoms with Gasteiger partial charge in [0, 0.05) is 31.5 Å². The van der Waals surface area contributed by atoms with E-state index in [1.165, 1.54) is 4.90 Å². The first-order valence-corrected chi connectivity index (χ1v) is 7.87. The maximum absolute atomic E-state index is 12.4. The third-order valence-corrected chi connectivity index (χ3v) is 3.68. The zero-order chi connectivity index (χ0) is 17.8.